The van der Waals surface area contributed by atoms with Crippen molar-refractivity contribution in [2.24, 2.45) is 0 Å². The minimum atomic E-state index is -2.86. The molecule has 0 amide bonds. The molecule has 0 aromatic carbocycles. The number of halogens is 1. The number of rotatable bonds is 8. The van der Waals surface area contributed by atoms with Gasteiger partial charge in [-0.3, -0.25) is 4.90 Å². The summed E-state index contributed by atoms with van der Waals surface area (Å²) in [7, 11) is -2.86. The molecule has 0 fully saturated rings. The van der Waals surface area contributed by atoms with Gasteiger partial charge in [-0.25, -0.2) is 8.42 Å². The first kappa shape index (κ1) is 15.2. The van der Waals surface area contributed by atoms with Gasteiger partial charge in [0.25, 0.3) is 0 Å². The first-order chi connectivity index (χ1) is 6.93. The molecule has 0 rings (SSSR count). The van der Waals surface area contributed by atoms with Gasteiger partial charge in [-0.2, -0.15) is 0 Å². The summed E-state index contributed by atoms with van der Waals surface area (Å²) in [6.07, 6.45) is 0.694. The zero-order valence-electron chi connectivity index (χ0n) is 9.87. The predicted molar refractivity (Wildman–Crippen MR) is 66.4 cm³/mol. The van der Waals surface area contributed by atoms with E-state index in [1.54, 1.807) is 0 Å². The van der Waals surface area contributed by atoms with Crippen LogP contribution in [-0.4, -0.2) is 49.8 Å². The summed E-state index contributed by atoms with van der Waals surface area (Å²) in [5.41, 5.74) is 0. The SMILES string of the molecule is CCCS(=O)(=O)CCN(CCCl)C(C)C. The zero-order valence-corrected chi connectivity index (χ0v) is 11.4. The molecule has 0 aliphatic heterocycles. The second-order valence-electron chi connectivity index (χ2n) is 3.97. The van der Waals surface area contributed by atoms with Crippen molar-refractivity contribution in [3.05, 3.63) is 0 Å². The molecule has 15 heavy (non-hydrogen) atoms. The summed E-state index contributed by atoms with van der Waals surface area (Å²) in [6.45, 7) is 7.34. The highest BCUT2D eigenvalue weighted by atomic mass is 35.5. The molecular formula is C10H22ClNO2S. The standard InChI is InChI=1S/C10H22ClNO2S/c1-4-8-15(13,14)9-7-12(6-5-11)10(2)3/h10H,4-9H2,1-3H3. The van der Waals surface area contributed by atoms with Crippen LogP contribution in [0, 0.1) is 0 Å². The molecule has 0 saturated carbocycles. The number of hydrogen-bond donors (Lipinski definition) is 0. The van der Waals surface area contributed by atoms with Crippen molar-refractivity contribution in [2.45, 2.75) is 33.2 Å². The van der Waals surface area contributed by atoms with Crippen molar-refractivity contribution in [1.82, 2.24) is 4.90 Å². The molecule has 0 spiro atoms. The maximum absolute atomic E-state index is 11.5. The quantitative estimate of drug-likeness (QED) is 0.621. The Morgan fingerprint density at radius 3 is 2.20 bits per heavy atom. The lowest BCUT2D eigenvalue weighted by molar-refractivity contribution is 0.249. The molecule has 0 aromatic rings. The molecule has 0 radical (unpaired) electrons. The van der Waals surface area contributed by atoms with Crippen LogP contribution in [0.4, 0.5) is 0 Å². The second-order valence-corrected chi connectivity index (χ2v) is 6.65. The van der Waals surface area contributed by atoms with E-state index in [-0.39, 0.29) is 5.75 Å². The normalized spacial score (nSPS) is 12.7. The van der Waals surface area contributed by atoms with E-state index < -0.39 is 9.84 Å². The van der Waals surface area contributed by atoms with Gasteiger partial charge in [-0.15, -0.1) is 11.6 Å². The average molecular weight is 256 g/mol. The first-order valence-electron chi connectivity index (χ1n) is 5.43. The fourth-order valence-electron chi connectivity index (χ4n) is 1.41. The van der Waals surface area contributed by atoms with Crippen LogP contribution in [0.1, 0.15) is 27.2 Å². The highest BCUT2D eigenvalue weighted by Crippen LogP contribution is 2.01. The number of sulfone groups is 1. The lowest BCUT2D eigenvalue weighted by atomic mass is 10.3. The van der Waals surface area contributed by atoms with Crippen LogP contribution in [0.2, 0.25) is 0 Å². The molecule has 0 N–H and O–H groups in total. The second kappa shape index (κ2) is 7.47. The lowest BCUT2D eigenvalue weighted by Gasteiger charge is -2.25. The van der Waals surface area contributed by atoms with Gasteiger partial charge >= 0.3 is 0 Å². The molecule has 0 atom stereocenters. The predicted octanol–water partition coefficient (Wildman–Crippen LogP) is 1.76. The highest BCUT2D eigenvalue weighted by Gasteiger charge is 2.14. The number of alkyl halides is 1. The van der Waals surface area contributed by atoms with Gasteiger partial charge < -0.3 is 0 Å². The van der Waals surface area contributed by atoms with E-state index in [0.29, 0.717) is 30.6 Å². The lowest BCUT2D eigenvalue weighted by Crippen LogP contribution is -2.36. The van der Waals surface area contributed by atoms with Crippen molar-refractivity contribution in [2.75, 3.05) is 30.5 Å². The topological polar surface area (TPSA) is 37.4 Å². The Morgan fingerprint density at radius 2 is 1.80 bits per heavy atom. The molecule has 0 aliphatic rings. The first-order valence-corrected chi connectivity index (χ1v) is 7.79. The van der Waals surface area contributed by atoms with Crippen molar-refractivity contribution in [1.29, 1.82) is 0 Å². The van der Waals surface area contributed by atoms with Gasteiger partial charge in [0.2, 0.25) is 0 Å². The summed E-state index contributed by atoms with van der Waals surface area (Å²) >= 11 is 5.66. The molecule has 92 valence electrons. The fourth-order valence-corrected chi connectivity index (χ4v) is 2.96. The largest absolute Gasteiger partial charge is 0.299 e. The Hall–Kier alpha value is 0.200. The summed E-state index contributed by atoms with van der Waals surface area (Å²) in [5.74, 6) is 1.09. The molecule has 0 aliphatic carbocycles. The number of hydrogen-bond acceptors (Lipinski definition) is 3. The van der Waals surface area contributed by atoms with E-state index in [4.69, 9.17) is 11.6 Å². The van der Waals surface area contributed by atoms with E-state index in [2.05, 4.69) is 18.7 Å². The Bertz CT molecular complexity index is 252. The van der Waals surface area contributed by atoms with Crippen LogP contribution in [0.3, 0.4) is 0 Å². The van der Waals surface area contributed by atoms with Crippen molar-refractivity contribution >= 4 is 21.4 Å². The zero-order chi connectivity index (χ0) is 11.9. The maximum atomic E-state index is 11.5. The minimum Gasteiger partial charge on any atom is -0.299 e. The van der Waals surface area contributed by atoms with Crippen LogP contribution in [0.5, 0.6) is 0 Å². The molecule has 0 unspecified atom stereocenters. The molecule has 0 bridgehead atoms. The monoisotopic (exact) mass is 255 g/mol. The van der Waals surface area contributed by atoms with Crippen LogP contribution in [0.15, 0.2) is 0 Å². The average Bonchev–Trinajstić information content (AvgIpc) is 2.11. The van der Waals surface area contributed by atoms with Gasteiger partial charge in [-0.05, 0) is 20.3 Å². The van der Waals surface area contributed by atoms with E-state index in [1.807, 2.05) is 6.92 Å². The molecule has 0 aromatic heterocycles. The van der Waals surface area contributed by atoms with Crippen molar-refractivity contribution in [3.8, 4) is 0 Å². The van der Waals surface area contributed by atoms with Crippen molar-refractivity contribution in [3.63, 3.8) is 0 Å². The van der Waals surface area contributed by atoms with E-state index in [9.17, 15) is 8.42 Å². The third-order valence-electron chi connectivity index (χ3n) is 2.31. The third-order valence-corrected chi connectivity index (χ3v) is 4.31. The Morgan fingerprint density at radius 1 is 1.20 bits per heavy atom. The Kier molecular flexibility index (Phi) is 7.57. The van der Waals surface area contributed by atoms with E-state index in [1.165, 1.54) is 0 Å². The summed E-state index contributed by atoms with van der Waals surface area (Å²) in [4.78, 5) is 2.10. The maximum Gasteiger partial charge on any atom is 0.151 e. The summed E-state index contributed by atoms with van der Waals surface area (Å²) < 4.78 is 23.0. The van der Waals surface area contributed by atoms with Gasteiger partial charge in [0.05, 0.1) is 5.75 Å². The van der Waals surface area contributed by atoms with Crippen LogP contribution >= 0.6 is 11.6 Å². The van der Waals surface area contributed by atoms with Crippen LogP contribution in [0.25, 0.3) is 0 Å². The smallest absolute Gasteiger partial charge is 0.151 e. The molecular weight excluding hydrogens is 234 g/mol. The van der Waals surface area contributed by atoms with Gasteiger partial charge in [-0.1, -0.05) is 6.92 Å². The van der Waals surface area contributed by atoms with E-state index in [0.717, 1.165) is 6.54 Å². The molecule has 5 heteroatoms. The summed E-state index contributed by atoms with van der Waals surface area (Å²) in [6, 6.07) is 0.348. The molecule has 0 heterocycles. The van der Waals surface area contributed by atoms with Gasteiger partial charge in [0.15, 0.2) is 9.84 Å². The Labute approximate surface area is 98.7 Å². The van der Waals surface area contributed by atoms with E-state index >= 15 is 0 Å². The fraction of sp³-hybridized carbons (Fsp3) is 1.00. The minimum absolute atomic E-state index is 0.246. The van der Waals surface area contributed by atoms with Crippen LogP contribution < -0.4 is 0 Å². The summed E-state index contributed by atoms with van der Waals surface area (Å²) in [5, 5.41) is 0. The highest BCUT2D eigenvalue weighted by molar-refractivity contribution is 7.91. The van der Waals surface area contributed by atoms with Crippen molar-refractivity contribution < 1.29 is 8.42 Å². The van der Waals surface area contributed by atoms with Crippen LogP contribution in [-0.2, 0) is 9.84 Å². The number of nitrogens with zero attached hydrogens (tertiary/aromatic N) is 1. The third kappa shape index (κ3) is 7.14. The Balaban J connectivity index is 4.09. The molecule has 0 saturated heterocycles. The van der Waals surface area contributed by atoms with Gasteiger partial charge in [0, 0.05) is 30.8 Å². The molecule has 3 nitrogen and oxygen atoms in total. The van der Waals surface area contributed by atoms with Gasteiger partial charge in [0.1, 0.15) is 0 Å².